The fraction of sp³-hybridized carbons (Fsp3) is 0.333. The van der Waals surface area contributed by atoms with E-state index in [0.717, 1.165) is 24.2 Å². The molecule has 0 radical (unpaired) electrons. The normalized spacial score (nSPS) is 17.5. The van der Waals surface area contributed by atoms with Crippen molar-refractivity contribution < 1.29 is 4.79 Å². The van der Waals surface area contributed by atoms with E-state index in [0.29, 0.717) is 6.42 Å². The van der Waals surface area contributed by atoms with E-state index < -0.39 is 0 Å². The topological polar surface area (TPSA) is 33.2 Å². The highest BCUT2D eigenvalue weighted by atomic mass is 32.1. The number of aromatic nitrogens is 1. The van der Waals surface area contributed by atoms with Gasteiger partial charge in [0, 0.05) is 23.5 Å². The highest BCUT2D eigenvalue weighted by molar-refractivity contribution is 7.07. The molecule has 4 heteroatoms. The van der Waals surface area contributed by atoms with Gasteiger partial charge in [-0.05, 0) is 31.4 Å². The third kappa shape index (κ3) is 2.40. The summed E-state index contributed by atoms with van der Waals surface area (Å²) in [5.74, 6) is 0.199. The predicted octanol–water partition coefficient (Wildman–Crippen LogP) is 3.05. The summed E-state index contributed by atoms with van der Waals surface area (Å²) in [5.41, 5.74) is 5.18. The number of aryl methyl sites for hydroxylation is 1. The first-order valence-electron chi connectivity index (χ1n) is 6.53. The molecule has 3 rings (SSSR count). The molecule has 0 N–H and O–H groups in total. The van der Waals surface area contributed by atoms with E-state index >= 15 is 0 Å². The average Bonchev–Trinajstić information content (AvgIpc) is 3.02. The van der Waals surface area contributed by atoms with Crippen molar-refractivity contribution >= 4 is 22.9 Å². The van der Waals surface area contributed by atoms with Gasteiger partial charge in [0.15, 0.2) is 0 Å². The molecule has 1 aliphatic heterocycles. The summed E-state index contributed by atoms with van der Waals surface area (Å²) >= 11 is 1.58. The van der Waals surface area contributed by atoms with Crippen LogP contribution < -0.4 is 4.90 Å². The van der Waals surface area contributed by atoms with Gasteiger partial charge in [0.25, 0.3) is 0 Å². The molecule has 0 aliphatic carbocycles. The van der Waals surface area contributed by atoms with Crippen LogP contribution in [0.5, 0.6) is 0 Å². The fourth-order valence-electron chi connectivity index (χ4n) is 2.66. The van der Waals surface area contributed by atoms with E-state index in [4.69, 9.17) is 0 Å². The lowest BCUT2D eigenvalue weighted by Gasteiger charge is -2.22. The van der Waals surface area contributed by atoms with Crippen molar-refractivity contribution in [1.82, 2.24) is 4.98 Å². The van der Waals surface area contributed by atoms with Gasteiger partial charge in [0.1, 0.15) is 0 Å². The predicted molar refractivity (Wildman–Crippen MR) is 77.5 cm³/mol. The molecule has 1 aliphatic rings. The first kappa shape index (κ1) is 12.4. The molecular weight excluding hydrogens is 256 g/mol. The zero-order valence-corrected chi connectivity index (χ0v) is 11.7. The molecule has 0 bridgehead atoms. The van der Waals surface area contributed by atoms with Crippen molar-refractivity contribution in [3.63, 3.8) is 0 Å². The Kier molecular flexibility index (Phi) is 3.34. The maximum absolute atomic E-state index is 12.4. The molecule has 0 saturated heterocycles. The van der Waals surface area contributed by atoms with Crippen molar-refractivity contribution in [2.45, 2.75) is 32.2 Å². The van der Waals surface area contributed by atoms with Crippen LogP contribution in [0.1, 0.15) is 24.6 Å². The molecular formula is C15H16N2OS. The minimum atomic E-state index is 0.199. The number of benzene rings is 1. The van der Waals surface area contributed by atoms with Crippen LogP contribution in [-0.2, 0) is 17.6 Å². The molecule has 0 spiro atoms. The summed E-state index contributed by atoms with van der Waals surface area (Å²) in [7, 11) is 0. The van der Waals surface area contributed by atoms with Crippen molar-refractivity contribution in [3.05, 3.63) is 46.4 Å². The van der Waals surface area contributed by atoms with Crippen LogP contribution in [0.15, 0.2) is 35.2 Å². The Balaban J connectivity index is 1.73. The quantitative estimate of drug-likeness (QED) is 0.860. The lowest BCUT2D eigenvalue weighted by Crippen LogP contribution is -2.35. The molecule has 98 valence electrons. The van der Waals surface area contributed by atoms with Crippen molar-refractivity contribution in [3.8, 4) is 0 Å². The second kappa shape index (κ2) is 5.13. The molecule has 2 aromatic rings. The Morgan fingerprint density at radius 1 is 1.47 bits per heavy atom. The molecule has 0 saturated carbocycles. The molecule has 3 nitrogen and oxygen atoms in total. The van der Waals surface area contributed by atoms with E-state index in [1.54, 1.807) is 11.3 Å². The Labute approximate surface area is 116 Å². The smallest absolute Gasteiger partial charge is 0.227 e. The first-order valence-corrected chi connectivity index (χ1v) is 7.47. The fourth-order valence-corrected chi connectivity index (χ4v) is 3.25. The van der Waals surface area contributed by atoms with E-state index in [1.165, 1.54) is 5.56 Å². The molecule has 1 aromatic heterocycles. The van der Waals surface area contributed by atoms with Gasteiger partial charge in [-0.2, -0.15) is 0 Å². The maximum atomic E-state index is 12.4. The number of hydrogen-bond donors (Lipinski definition) is 0. The van der Waals surface area contributed by atoms with Gasteiger partial charge in [0.2, 0.25) is 5.91 Å². The largest absolute Gasteiger partial charge is 0.309 e. The van der Waals surface area contributed by atoms with Gasteiger partial charge in [-0.1, -0.05) is 18.2 Å². The zero-order chi connectivity index (χ0) is 13.2. The highest BCUT2D eigenvalue weighted by Gasteiger charge is 2.29. The number of para-hydroxylation sites is 1. The molecule has 2 heterocycles. The Hall–Kier alpha value is -1.68. The van der Waals surface area contributed by atoms with Crippen molar-refractivity contribution in [1.29, 1.82) is 0 Å². The summed E-state index contributed by atoms with van der Waals surface area (Å²) in [6.07, 6.45) is 2.22. The van der Waals surface area contributed by atoms with Crippen LogP contribution in [0, 0.1) is 0 Å². The lowest BCUT2D eigenvalue weighted by atomic mass is 10.1. The zero-order valence-electron chi connectivity index (χ0n) is 10.9. The number of hydrogen-bond acceptors (Lipinski definition) is 3. The number of carbonyl (C=O) groups is 1. The first-order chi connectivity index (χ1) is 9.25. The number of nitrogens with zero attached hydrogens (tertiary/aromatic N) is 2. The van der Waals surface area contributed by atoms with E-state index in [-0.39, 0.29) is 11.9 Å². The SMILES string of the molecule is CC1Cc2ccccc2N1C(=O)CCc1cscn1. The van der Waals surface area contributed by atoms with Gasteiger partial charge in [-0.3, -0.25) is 4.79 Å². The van der Waals surface area contributed by atoms with Crippen molar-refractivity contribution in [2.75, 3.05) is 4.90 Å². The Morgan fingerprint density at radius 3 is 3.11 bits per heavy atom. The second-order valence-electron chi connectivity index (χ2n) is 4.93. The third-order valence-corrected chi connectivity index (χ3v) is 4.19. The number of amides is 1. The number of rotatable bonds is 3. The maximum Gasteiger partial charge on any atom is 0.227 e. The standard InChI is InChI=1S/C15H16N2OS/c1-11-8-12-4-2-3-5-14(12)17(11)15(18)7-6-13-9-19-10-16-13/h2-5,9-11H,6-8H2,1H3. The summed E-state index contributed by atoms with van der Waals surface area (Å²) in [6, 6.07) is 8.45. The van der Waals surface area contributed by atoms with Crippen LogP contribution in [0.2, 0.25) is 0 Å². The van der Waals surface area contributed by atoms with Gasteiger partial charge < -0.3 is 4.90 Å². The summed E-state index contributed by atoms with van der Waals surface area (Å²) < 4.78 is 0. The van der Waals surface area contributed by atoms with Crippen LogP contribution in [-0.4, -0.2) is 16.9 Å². The van der Waals surface area contributed by atoms with Gasteiger partial charge in [0.05, 0.1) is 11.2 Å². The number of carbonyl (C=O) groups excluding carboxylic acids is 1. The monoisotopic (exact) mass is 272 g/mol. The van der Waals surface area contributed by atoms with E-state index in [2.05, 4.69) is 18.0 Å². The molecule has 1 aromatic carbocycles. The van der Waals surface area contributed by atoms with Crippen molar-refractivity contribution in [2.24, 2.45) is 0 Å². The Bertz CT molecular complexity index is 580. The van der Waals surface area contributed by atoms with Crippen LogP contribution >= 0.6 is 11.3 Å². The average molecular weight is 272 g/mol. The van der Waals surface area contributed by atoms with Gasteiger partial charge >= 0.3 is 0 Å². The molecule has 1 atom stereocenters. The van der Waals surface area contributed by atoms with Gasteiger partial charge in [-0.25, -0.2) is 4.98 Å². The summed E-state index contributed by atoms with van der Waals surface area (Å²) in [5, 5.41) is 2.01. The number of anilines is 1. The molecule has 19 heavy (non-hydrogen) atoms. The molecule has 0 fully saturated rings. The summed E-state index contributed by atoms with van der Waals surface area (Å²) in [6.45, 7) is 2.11. The third-order valence-electron chi connectivity index (χ3n) is 3.55. The van der Waals surface area contributed by atoms with Crippen LogP contribution in [0.3, 0.4) is 0 Å². The van der Waals surface area contributed by atoms with E-state index in [1.807, 2.05) is 34.0 Å². The second-order valence-corrected chi connectivity index (χ2v) is 5.64. The van der Waals surface area contributed by atoms with Crippen LogP contribution in [0.4, 0.5) is 5.69 Å². The molecule has 1 unspecified atom stereocenters. The van der Waals surface area contributed by atoms with Crippen LogP contribution in [0.25, 0.3) is 0 Å². The minimum Gasteiger partial charge on any atom is -0.309 e. The summed E-state index contributed by atoms with van der Waals surface area (Å²) in [4.78, 5) is 18.6. The number of thiazole rings is 1. The minimum absolute atomic E-state index is 0.199. The lowest BCUT2D eigenvalue weighted by molar-refractivity contribution is -0.118. The van der Waals surface area contributed by atoms with Gasteiger partial charge in [-0.15, -0.1) is 11.3 Å². The van der Waals surface area contributed by atoms with E-state index in [9.17, 15) is 4.79 Å². The highest BCUT2D eigenvalue weighted by Crippen LogP contribution is 2.32. The Morgan fingerprint density at radius 2 is 2.32 bits per heavy atom. The molecule has 1 amide bonds. The number of fused-ring (bicyclic) bond motifs is 1.